The highest BCUT2D eigenvalue weighted by atomic mass is 32.1. The summed E-state index contributed by atoms with van der Waals surface area (Å²) in [4.78, 5) is 20.1. The number of carbonyl (C=O) groups is 1. The molecular weight excluding hydrogens is 430 g/mol. The van der Waals surface area contributed by atoms with Gasteiger partial charge in [0.15, 0.2) is 5.82 Å². The van der Waals surface area contributed by atoms with Crippen LogP contribution in [0.5, 0.6) is 5.75 Å². The molecule has 6 nitrogen and oxygen atoms in total. The number of carbonyl (C=O) groups excluding carboxylic acids is 1. The predicted octanol–water partition coefficient (Wildman–Crippen LogP) is 5.11. The SMILES string of the molecule is O=C(Nc1nc(CN2CCCCC2)ns1)c1csc(-c2cccc(OC(F)F)c2)c1. The van der Waals surface area contributed by atoms with Gasteiger partial charge in [-0.25, -0.2) is 4.98 Å². The molecule has 0 aliphatic carbocycles. The molecule has 1 fully saturated rings. The van der Waals surface area contributed by atoms with Crippen molar-refractivity contribution >= 4 is 33.9 Å². The number of thiophene rings is 1. The second-order valence-electron chi connectivity index (χ2n) is 6.91. The van der Waals surface area contributed by atoms with Crippen LogP contribution in [-0.4, -0.2) is 39.9 Å². The number of halogens is 2. The Kier molecular flexibility index (Phi) is 6.66. The Morgan fingerprint density at radius 1 is 1.23 bits per heavy atom. The Balaban J connectivity index is 1.39. The van der Waals surface area contributed by atoms with Crippen LogP contribution in [0.1, 0.15) is 35.4 Å². The number of nitrogens with one attached hydrogen (secondary N) is 1. The zero-order valence-electron chi connectivity index (χ0n) is 16.0. The third-order valence-corrected chi connectivity index (χ3v) is 6.36. The largest absolute Gasteiger partial charge is 0.435 e. The summed E-state index contributed by atoms with van der Waals surface area (Å²) in [6, 6.07) is 8.13. The molecule has 0 saturated carbocycles. The number of anilines is 1. The second-order valence-corrected chi connectivity index (χ2v) is 8.58. The molecule has 0 atom stereocenters. The molecule has 10 heteroatoms. The van der Waals surface area contributed by atoms with Crippen molar-refractivity contribution in [3.63, 3.8) is 0 Å². The molecule has 158 valence electrons. The van der Waals surface area contributed by atoms with Gasteiger partial charge < -0.3 is 4.74 Å². The van der Waals surface area contributed by atoms with Gasteiger partial charge in [0.2, 0.25) is 5.13 Å². The van der Waals surface area contributed by atoms with E-state index in [1.165, 1.54) is 54.3 Å². The lowest BCUT2D eigenvalue weighted by molar-refractivity contribution is -0.0498. The summed E-state index contributed by atoms with van der Waals surface area (Å²) in [6.45, 7) is -0.0624. The first-order valence-electron chi connectivity index (χ1n) is 9.57. The summed E-state index contributed by atoms with van der Waals surface area (Å²) < 4.78 is 33.6. The van der Waals surface area contributed by atoms with E-state index < -0.39 is 6.61 Å². The lowest BCUT2D eigenvalue weighted by Crippen LogP contribution is -2.29. The van der Waals surface area contributed by atoms with Crippen LogP contribution < -0.4 is 10.1 Å². The van der Waals surface area contributed by atoms with Gasteiger partial charge in [-0.2, -0.15) is 13.2 Å². The normalized spacial score (nSPS) is 14.8. The molecule has 1 saturated heterocycles. The lowest BCUT2D eigenvalue weighted by atomic mass is 10.1. The number of rotatable bonds is 7. The van der Waals surface area contributed by atoms with Crippen LogP contribution in [0.4, 0.5) is 13.9 Å². The number of amides is 1. The van der Waals surface area contributed by atoms with Crippen molar-refractivity contribution in [1.29, 1.82) is 0 Å². The molecular formula is C20H20F2N4O2S2. The Morgan fingerprint density at radius 2 is 2.07 bits per heavy atom. The first-order chi connectivity index (χ1) is 14.6. The van der Waals surface area contributed by atoms with Crippen LogP contribution in [-0.2, 0) is 6.54 Å². The van der Waals surface area contributed by atoms with Crippen LogP contribution in [0.15, 0.2) is 35.7 Å². The van der Waals surface area contributed by atoms with Gasteiger partial charge in [-0.05, 0) is 49.7 Å². The zero-order valence-corrected chi connectivity index (χ0v) is 17.6. The smallest absolute Gasteiger partial charge is 0.387 e. The average molecular weight is 451 g/mol. The third kappa shape index (κ3) is 5.38. The minimum Gasteiger partial charge on any atom is -0.435 e. The second kappa shape index (κ2) is 9.59. The number of benzene rings is 1. The van der Waals surface area contributed by atoms with Gasteiger partial charge in [0.1, 0.15) is 5.75 Å². The van der Waals surface area contributed by atoms with Crippen molar-refractivity contribution in [2.24, 2.45) is 0 Å². The highest BCUT2D eigenvalue weighted by Gasteiger charge is 2.16. The average Bonchev–Trinajstić information content (AvgIpc) is 3.38. The molecule has 0 spiro atoms. The van der Waals surface area contributed by atoms with Gasteiger partial charge in [0.05, 0.1) is 12.1 Å². The van der Waals surface area contributed by atoms with E-state index >= 15 is 0 Å². The highest BCUT2D eigenvalue weighted by molar-refractivity contribution is 7.14. The van der Waals surface area contributed by atoms with Crippen molar-refractivity contribution in [3.05, 3.63) is 47.1 Å². The molecule has 3 heterocycles. The summed E-state index contributed by atoms with van der Waals surface area (Å²) >= 11 is 2.52. The van der Waals surface area contributed by atoms with Gasteiger partial charge in [0.25, 0.3) is 5.91 Å². The number of alkyl halides is 2. The fraction of sp³-hybridized carbons (Fsp3) is 0.350. The Hall–Kier alpha value is -2.43. The van der Waals surface area contributed by atoms with Crippen molar-refractivity contribution in [1.82, 2.24) is 14.3 Å². The number of hydrogen-bond donors (Lipinski definition) is 1. The van der Waals surface area contributed by atoms with Crippen LogP contribution in [0.2, 0.25) is 0 Å². The number of ether oxygens (including phenoxy) is 1. The monoisotopic (exact) mass is 450 g/mol. The summed E-state index contributed by atoms with van der Waals surface area (Å²) in [7, 11) is 0. The zero-order chi connectivity index (χ0) is 20.9. The molecule has 0 bridgehead atoms. The van der Waals surface area contributed by atoms with Gasteiger partial charge in [-0.1, -0.05) is 18.6 Å². The molecule has 1 amide bonds. The highest BCUT2D eigenvalue weighted by Crippen LogP contribution is 2.30. The van der Waals surface area contributed by atoms with Crippen molar-refractivity contribution < 1.29 is 18.3 Å². The van der Waals surface area contributed by atoms with E-state index in [0.717, 1.165) is 23.8 Å². The van der Waals surface area contributed by atoms with Crippen LogP contribution in [0.3, 0.4) is 0 Å². The third-order valence-electron chi connectivity index (χ3n) is 4.71. The number of nitrogens with zero attached hydrogens (tertiary/aromatic N) is 3. The van der Waals surface area contributed by atoms with E-state index in [1.807, 2.05) is 0 Å². The molecule has 0 radical (unpaired) electrons. The van der Waals surface area contributed by atoms with E-state index in [4.69, 9.17) is 0 Å². The first-order valence-corrected chi connectivity index (χ1v) is 11.2. The van der Waals surface area contributed by atoms with Gasteiger partial charge in [-0.15, -0.1) is 11.3 Å². The van der Waals surface area contributed by atoms with Crippen molar-refractivity contribution in [2.45, 2.75) is 32.4 Å². The maximum absolute atomic E-state index is 12.6. The molecule has 1 aromatic carbocycles. The Bertz CT molecular complexity index is 1000. The van der Waals surface area contributed by atoms with Gasteiger partial charge in [-0.3, -0.25) is 15.0 Å². The van der Waals surface area contributed by atoms with Crippen LogP contribution in [0.25, 0.3) is 10.4 Å². The number of aromatic nitrogens is 2. The summed E-state index contributed by atoms with van der Waals surface area (Å²) in [5.41, 5.74) is 1.18. The maximum atomic E-state index is 12.6. The Morgan fingerprint density at radius 3 is 2.87 bits per heavy atom. The number of hydrogen-bond acceptors (Lipinski definition) is 7. The van der Waals surface area contributed by atoms with E-state index in [0.29, 0.717) is 22.8 Å². The maximum Gasteiger partial charge on any atom is 0.387 e. The van der Waals surface area contributed by atoms with Crippen LogP contribution >= 0.6 is 22.9 Å². The molecule has 1 aliphatic rings. The first kappa shape index (κ1) is 20.8. The van der Waals surface area contributed by atoms with Gasteiger partial charge >= 0.3 is 6.61 Å². The van der Waals surface area contributed by atoms with Crippen molar-refractivity contribution in [3.8, 4) is 16.2 Å². The van der Waals surface area contributed by atoms with E-state index in [-0.39, 0.29) is 11.7 Å². The topological polar surface area (TPSA) is 67.4 Å². The number of likely N-dealkylation sites (tertiary alicyclic amines) is 1. The minimum atomic E-state index is -2.88. The summed E-state index contributed by atoms with van der Waals surface area (Å²) in [6.07, 6.45) is 3.67. The van der Waals surface area contributed by atoms with Crippen LogP contribution in [0, 0.1) is 0 Å². The Labute approximate surface area is 180 Å². The van der Waals surface area contributed by atoms with E-state index in [2.05, 4.69) is 24.3 Å². The quantitative estimate of drug-likeness (QED) is 0.542. The minimum absolute atomic E-state index is 0.0806. The van der Waals surface area contributed by atoms with E-state index in [9.17, 15) is 13.6 Å². The molecule has 0 unspecified atom stereocenters. The molecule has 4 rings (SSSR count). The standard InChI is InChI=1S/C20H20F2N4O2S2/c21-19(22)28-15-6-4-5-13(9-15)16-10-14(12-29-16)18(27)24-20-23-17(25-30-20)11-26-7-2-1-3-8-26/h4-6,9-10,12,19H,1-3,7-8,11H2,(H,23,24,25,27). The fourth-order valence-corrected chi connectivity index (χ4v) is 4.75. The molecule has 1 N–H and O–H groups in total. The van der Waals surface area contributed by atoms with Crippen molar-refractivity contribution in [2.75, 3.05) is 18.4 Å². The van der Waals surface area contributed by atoms with Gasteiger partial charge in [0, 0.05) is 21.8 Å². The molecule has 30 heavy (non-hydrogen) atoms. The molecule has 3 aromatic rings. The fourth-order valence-electron chi connectivity index (χ4n) is 3.29. The lowest BCUT2D eigenvalue weighted by Gasteiger charge is -2.24. The molecule has 1 aliphatic heterocycles. The summed E-state index contributed by atoms with van der Waals surface area (Å²) in [5, 5.41) is 4.98. The summed E-state index contributed by atoms with van der Waals surface area (Å²) in [5.74, 6) is 0.522. The van der Waals surface area contributed by atoms with E-state index in [1.54, 1.807) is 23.6 Å². The predicted molar refractivity (Wildman–Crippen MR) is 113 cm³/mol. The number of piperidine rings is 1. The molecule has 2 aromatic heterocycles.